The molecular formula is C13H19BrN2O. The maximum absolute atomic E-state index is 5.78. The largest absolute Gasteiger partial charge is 0.492 e. The summed E-state index contributed by atoms with van der Waals surface area (Å²) >= 11 is 3.40. The van der Waals surface area contributed by atoms with Gasteiger partial charge in [0.15, 0.2) is 0 Å². The fraction of sp³-hybridized carbons (Fsp3) is 0.615. The molecule has 1 saturated heterocycles. The molecule has 1 aliphatic rings. The second kappa shape index (κ2) is 6.36. The number of nitrogens with zero attached hydrogens (tertiary/aromatic N) is 2. The van der Waals surface area contributed by atoms with Crippen LogP contribution in [0.15, 0.2) is 22.9 Å². The van der Waals surface area contributed by atoms with Gasteiger partial charge in [-0.05, 0) is 60.4 Å². The Morgan fingerprint density at radius 1 is 1.41 bits per heavy atom. The molecule has 0 spiro atoms. The number of rotatable bonds is 4. The number of hydrogen-bond donors (Lipinski definition) is 0. The van der Waals surface area contributed by atoms with Crippen molar-refractivity contribution in [3.63, 3.8) is 0 Å². The minimum atomic E-state index is 0.691. The van der Waals surface area contributed by atoms with E-state index in [1.165, 1.54) is 32.5 Å². The first-order chi connectivity index (χ1) is 8.28. The SMILES string of the molecule is CCN1CCC(COc2cncc(Br)c2)CC1. The van der Waals surface area contributed by atoms with E-state index in [1.807, 2.05) is 6.07 Å². The number of piperidine rings is 1. The Hall–Kier alpha value is -0.610. The molecule has 2 heterocycles. The predicted molar refractivity (Wildman–Crippen MR) is 72.3 cm³/mol. The summed E-state index contributed by atoms with van der Waals surface area (Å²) in [5, 5.41) is 0. The second-order valence-electron chi connectivity index (χ2n) is 4.53. The lowest BCUT2D eigenvalue weighted by Crippen LogP contribution is -2.35. The predicted octanol–water partition coefficient (Wildman–Crippen LogP) is 2.95. The van der Waals surface area contributed by atoms with Gasteiger partial charge in [-0.15, -0.1) is 0 Å². The van der Waals surface area contributed by atoms with Crippen molar-refractivity contribution in [2.45, 2.75) is 19.8 Å². The molecule has 0 radical (unpaired) electrons. The first-order valence-electron chi connectivity index (χ1n) is 6.23. The van der Waals surface area contributed by atoms with Gasteiger partial charge < -0.3 is 9.64 Å². The van der Waals surface area contributed by atoms with E-state index in [2.05, 4.69) is 32.7 Å². The van der Waals surface area contributed by atoms with Crippen molar-refractivity contribution < 1.29 is 4.74 Å². The molecule has 0 aromatic carbocycles. The molecule has 17 heavy (non-hydrogen) atoms. The van der Waals surface area contributed by atoms with Gasteiger partial charge >= 0.3 is 0 Å². The van der Waals surface area contributed by atoms with Crippen molar-refractivity contribution in [1.29, 1.82) is 0 Å². The zero-order chi connectivity index (χ0) is 12.1. The highest BCUT2D eigenvalue weighted by atomic mass is 79.9. The zero-order valence-corrected chi connectivity index (χ0v) is 11.8. The first kappa shape index (κ1) is 12.8. The van der Waals surface area contributed by atoms with Crippen LogP contribution in [0.3, 0.4) is 0 Å². The molecule has 0 atom stereocenters. The van der Waals surface area contributed by atoms with Gasteiger partial charge in [0, 0.05) is 10.7 Å². The molecule has 2 rings (SSSR count). The highest BCUT2D eigenvalue weighted by Gasteiger charge is 2.18. The second-order valence-corrected chi connectivity index (χ2v) is 5.44. The molecule has 1 aromatic rings. The Labute approximate surface area is 111 Å². The topological polar surface area (TPSA) is 25.4 Å². The van der Waals surface area contributed by atoms with E-state index in [1.54, 1.807) is 12.4 Å². The lowest BCUT2D eigenvalue weighted by atomic mass is 9.98. The van der Waals surface area contributed by atoms with Crippen molar-refractivity contribution in [3.05, 3.63) is 22.9 Å². The van der Waals surface area contributed by atoms with E-state index >= 15 is 0 Å². The molecule has 0 aliphatic carbocycles. The van der Waals surface area contributed by atoms with Gasteiger partial charge in [0.2, 0.25) is 0 Å². The molecular weight excluding hydrogens is 280 g/mol. The number of ether oxygens (including phenoxy) is 1. The summed E-state index contributed by atoms with van der Waals surface area (Å²) in [7, 11) is 0. The standard InChI is InChI=1S/C13H19BrN2O/c1-2-16-5-3-11(4-6-16)10-17-13-7-12(14)8-15-9-13/h7-9,11H,2-6,10H2,1H3. The van der Waals surface area contributed by atoms with Crippen molar-refractivity contribution >= 4 is 15.9 Å². The number of aromatic nitrogens is 1. The van der Waals surface area contributed by atoms with Crippen molar-refractivity contribution in [1.82, 2.24) is 9.88 Å². The third-order valence-electron chi connectivity index (χ3n) is 3.32. The number of halogens is 1. The van der Waals surface area contributed by atoms with Crippen LogP contribution in [-0.4, -0.2) is 36.1 Å². The Bertz CT molecular complexity index is 351. The van der Waals surface area contributed by atoms with E-state index in [4.69, 9.17) is 4.74 Å². The molecule has 0 saturated carbocycles. The van der Waals surface area contributed by atoms with Crippen LogP contribution in [0, 0.1) is 5.92 Å². The number of hydrogen-bond acceptors (Lipinski definition) is 3. The molecule has 1 aliphatic heterocycles. The van der Waals surface area contributed by atoms with E-state index in [9.17, 15) is 0 Å². The maximum Gasteiger partial charge on any atom is 0.138 e. The van der Waals surface area contributed by atoms with Crippen LogP contribution in [-0.2, 0) is 0 Å². The van der Waals surface area contributed by atoms with Crippen molar-refractivity contribution in [3.8, 4) is 5.75 Å². The van der Waals surface area contributed by atoms with Crippen LogP contribution in [0.2, 0.25) is 0 Å². The molecule has 0 N–H and O–H groups in total. The highest BCUT2D eigenvalue weighted by Crippen LogP contribution is 2.20. The van der Waals surface area contributed by atoms with Gasteiger partial charge in [0.05, 0.1) is 12.8 Å². The Morgan fingerprint density at radius 3 is 2.82 bits per heavy atom. The average Bonchev–Trinajstić information content (AvgIpc) is 2.37. The van der Waals surface area contributed by atoms with Crippen LogP contribution in [0.25, 0.3) is 0 Å². The lowest BCUT2D eigenvalue weighted by molar-refractivity contribution is 0.145. The smallest absolute Gasteiger partial charge is 0.138 e. The van der Waals surface area contributed by atoms with E-state index < -0.39 is 0 Å². The lowest BCUT2D eigenvalue weighted by Gasteiger charge is -2.30. The molecule has 1 fully saturated rings. The third kappa shape index (κ3) is 3.96. The molecule has 0 bridgehead atoms. The summed E-state index contributed by atoms with van der Waals surface area (Å²) in [4.78, 5) is 6.59. The van der Waals surface area contributed by atoms with Crippen LogP contribution in [0.5, 0.6) is 5.75 Å². The van der Waals surface area contributed by atoms with Crippen molar-refractivity contribution in [2.24, 2.45) is 5.92 Å². The van der Waals surface area contributed by atoms with Crippen molar-refractivity contribution in [2.75, 3.05) is 26.2 Å². The normalized spacial score (nSPS) is 18.2. The first-order valence-corrected chi connectivity index (χ1v) is 7.03. The highest BCUT2D eigenvalue weighted by molar-refractivity contribution is 9.10. The summed E-state index contributed by atoms with van der Waals surface area (Å²) in [6.07, 6.45) is 6.03. The monoisotopic (exact) mass is 298 g/mol. The minimum Gasteiger partial charge on any atom is -0.492 e. The molecule has 4 heteroatoms. The molecule has 94 valence electrons. The summed E-state index contributed by atoms with van der Waals surface area (Å²) in [6.45, 7) is 6.63. The van der Waals surface area contributed by atoms with E-state index in [0.717, 1.165) is 16.8 Å². The molecule has 0 unspecified atom stereocenters. The van der Waals surface area contributed by atoms with Gasteiger partial charge in [0.1, 0.15) is 5.75 Å². The fourth-order valence-electron chi connectivity index (χ4n) is 2.15. The van der Waals surface area contributed by atoms with Crippen LogP contribution in [0.4, 0.5) is 0 Å². The summed E-state index contributed by atoms with van der Waals surface area (Å²) < 4.78 is 6.75. The van der Waals surface area contributed by atoms with Crippen LogP contribution < -0.4 is 4.74 Å². The molecule has 0 amide bonds. The van der Waals surface area contributed by atoms with E-state index in [-0.39, 0.29) is 0 Å². The van der Waals surface area contributed by atoms with Crippen LogP contribution >= 0.6 is 15.9 Å². The average molecular weight is 299 g/mol. The summed E-state index contributed by atoms with van der Waals surface area (Å²) in [5.74, 6) is 1.55. The van der Waals surface area contributed by atoms with Gasteiger partial charge in [-0.1, -0.05) is 6.92 Å². The summed E-state index contributed by atoms with van der Waals surface area (Å²) in [6, 6.07) is 1.97. The number of likely N-dealkylation sites (tertiary alicyclic amines) is 1. The third-order valence-corrected chi connectivity index (χ3v) is 3.75. The number of pyridine rings is 1. The molecule has 3 nitrogen and oxygen atoms in total. The zero-order valence-electron chi connectivity index (χ0n) is 10.2. The quantitative estimate of drug-likeness (QED) is 0.854. The van der Waals surface area contributed by atoms with Gasteiger partial charge in [-0.3, -0.25) is 4.98 Å². The minimum absolute atomic E-state index is 0.691. The Morgan fingerprint density at radius 2 is 2.18 bits per heavy atom. The van der Waals surface area contributed by atoms with Crippen LogP contribution in [0.1, 0.15) is 19.8 Å². The summed E-state index contributed by atoms with van der Waals surface area (Å²) in [5.41, 5.74) is 0. The van der Waals surface area contributed by atoms with E-state index in [0.29, 0.717) is 5.92 Å². The Kier molecular flexibility index (Phi) is 4.80. The maximum atomic E-state index is 5.78. The van der Waals surface area contributed by atoms with Gasteiger partial charge in [0.25, 0.3) is 0 Å². The fourth-order valence-corrected chi connectivity index (χ4v) is 2.50. The van der Waals surface area contributed by atoms with Gasteiger partial charge in [-0.2, -0.15) is 0 Å². The molecule has 1 aromatic heterocycles. The Balaban J connectivity index is 1.76. The van der Waals surface area contributed by atoms with Gasteiger partial charge in [-0.25, -0.2) is 0 Å².